The third-order valence-electron chi connectivity index (χ3n) is 2.84. The number of fused-ring (bicyclic) bond motifs is 1. The molecule has 0 saturated heterocycles. The first kappa shape index (κ1) is 12.0. The molecular formula is C13H17NO3. The van der Waals surface area contributed by atoms with Gasteiger partial charge in [0.2, 0.25) is 0 Å². The van der Waals surface area contributed by atoms with Crippen LogP contribution in [0.5, 0.6) is 0 Å². The van der Waals surface area contributed by atoms with E-state index in [-0.39, 0.29) is 5.97 Å². The Kier molecular flexibility index (Phi) is 3.74. The highest BCUT2D eigenvalue weighted by atomic mass is 16.5. The van der Waals surface area contributed by atoms with Crippen LogP contribution in [0.1, 0.15) is 41.2 Å². The Morgan fingerprint density at radius 3 is 3.06 bits per heavy atom. The third kappa shape index (κ3) is 2.47. The molecule has 0 bridgehead atoms. The fourth-order valence-corrected chi connectivity index (χ4v) is 1.98. The molecule has 1 aliphatic heterocycles. The number of pyridine rings is 1. The van der Waals surface area contributed by atoms with Gasteiger partial charge in [-0.3, -0.25) is 4.98 Å². The number of aryl methyl sites for hydroxylation is 1. The number of rotatable bonds is 3. The summed E-state index contributed by atoms with van der Waals surface area (Å²) < 4.78 is 10.4. The van der Waals surface area contributed by atoms with Crippen LogP contribution in [0.25, 0.3) is 0 Å². The van der Waals surface area contributed by atoms with Crippen LogP contribution in [0.4, 0.5) is 0 Å². The van der Waals surface area contributed by atoms with Gasteiger partial charge in [-0.1, -0.05) is 6.92 Å². The summed E-state index contributed by atoms with van der Waals surface area (Å²) >= 11 is 0. The van der Waals surface area contributed by atoms with Crippen LogP contribution >= 0.6 is 0 Å². The molecule has 17 heavy (non-hydrogen) atoms. The molecule has 0 saturated carbocycles. The normalized spacial score (nSPS) is 14.2. The van der Waals surface area contributed by atoms with Gasteiger partial charge in [-0.05, 0) is 19.4 Å². The maximum absolute atomic E-state index is 11.8. The first-order valence-corrected chi connectivity index (χ1v) is 6.02. The van der Waals surface area contributed by atoms with E-state index in [1.165, 1.54) is 0 Å². The summed E-state index contributed by atoms with van der Waals surface area (Å²) in [6.07, 6.45) is 1.56. The van der Waals surface area contributed by atoms with Crippen LogP contribution < -0.4 is 0 Å². The molecule has 1 aromatic rings. The molecule has 0 N–H and O–H groups in total. The lowest BCUT2D eigenvalue weighted by Crippen LogP contribution is -2.17. The molecule has 0 fully saturated rings. The summed E-state index contributed by atoms with van der Waals surface area (Å²) in [4.78, 5) is 16.4. The number of hydrogen-bond acceptors (Lipinski definition) is 4. The van der Waals surface area contributed by atoms with Crippen molar-refractivity contribution in [3.63, 3.8) is 0 Å². The highest BCUT2D eigenvalue weighted by Crippen LogP contribution is 2.20. The quantitative estimate of drug-likeness (QED) is 0.751. The molecule has 0 atom stereocenters. The van der Waals surface area contributed by atoms with Crippen molar-refractivity contribution in [3.8, 4) is 0 Å². The minimum atomic E-state index is -0.287. The summed E-state index contributed by atoms with van der Waals surface area (Å²) in [7, 11) is 0. The Hall–Kier alpha value is -1.42. The zero-order valence-electron chi connectivity index (χ0n) is 10.3. The van der Waals surface area contributed by atoms with Crippen LogP contribution in [0, 0.1) is 0 Å². The molecule has 0 amide bonds. The topological polar surface area (TPSA) is 48.4 Å². The van der Waals surface area contributed by atoms with Gasteiger partial charge < -0.3 is 9.47 Å². The van der Waals surface area contributed by atoms with Gasteiger partial charge in [-0.25, -0.2) is 4.79 Å². The zero-order chi connectivity index (χ0) is 12.3. The lowest BCUT2D eigenvalue weighted by Gasteiger charge is -2.18. The van der Waals surface area contributed by atoms with Crippen molar-refractivity contribution in [2.45, 2.75) is 33.3 Å². The average Bonchev–Trinajstić information content (AvgIpc) is 2.37. The van der Waals surface area contributed by atoms with Crippen molar-refractivity contribution in [2.75, 3.05) is 13.2 Å². The summed E-state index contributed by atoms with van der Waals surface area (Å²) in [6.45, 7) is 5.44. The van der Waals surface area contributed by atoms with Crippen molar-refractivity contribution in [3.05, 3.63) is 28.6 Å². The van der Waals surface area contributed by atoms with E-state index in [1.807, 2.05) is 13.0 Å². The van der Waals surface area contributed by atoms with E-state index in [1.54, 1.807) is 6.92 Å². The predicted octanol–water partition coefficient (Wildman–Crippen LogP) is 1.89. The molecule has 4 heteroatoms. The summed E-state index contributed by atoms with van der Waals surface area (Å²) in [5, 5.41) is 0. The molecule has 2 heterocycles. The molecule has 1 aromatic heterocycles. The third-order valence-corrected chi connectivity index (χ3v) is 2.84. The van der Waals surface area contributed by atoms with E-state index in [4.69, 9.17) is 9.47 Å². The van der Waals surface area contributed by atoms with Crippen LogP contribution in [0.2, 0.25) is 0 Å². The van der Waals surface area contributed by atoms with Gasteiger partial charge in [0.25, 0.3) is 0 Å². The molecule has 0 aromatic carbocycles. The van der Waals surface area contributed by atoms with Crippen LogP contribution in [0.3, 0.4) is 0 Å². The summed E-state index contributed by atoms with van der Waals surface area (Å²) in [6, 6.07) is 1.87. The van der Waals surface area contributed by atoms with Gasteiger partial charge in [-0.15, -0.1) is 0 Å². The van der Waals surface area contributed by atoms with Gasteiger partial charge in [0.1, 0.15) is 0 Å². The molecule has 0 aliphatic carbocycles. The number of carbonyl (C=O) groups is 1. The van der Waals surface area contributed by atoms with Crippen molar-refractivity contribution >= 4 is 5.97 Å². The van der Waals surface area contributed by atoms with Crippen molar-refractivity contribution < 1.29 is 14.3 Å². The van der Waals surface area contributed by atoms with E-state index in [0.29, 0.717) is 25.4 Å². The Balaban J connectivity index is 2.39. The second kappa shape index (κ2) is 5.27. The fraction of sp³-hybridized carbons (Fsp3) is 0.538. The van der Waals surface area contributed by atoms with Gasteiger partial charge in [0.05, 0.1) is 31.1 Å². The maximum atomic E-state index is 11.8. The fourth-order valence-electron chi connectivity index (χ4n) is 1.98. The summed E-state index contributed by atoms with van der Waals surface area (Å²) in [5.41, 5.74) is 3.47. The largest absolute Gasteiger partial charge is 0.462 e. The zero-order valence-corrected chi connectivity index (χ0v) is 10.3. The number of esters is 1. The predicted molar refractivity (Wildman–Crippen MR) is 62.9 cm³/mol. The van der Waals surface area contributed by atoms with Crippen molar-refractivity contribution in [1.29, 1.82) is 0 Å². The van der Waals surface area contributed by atoms with Gasteiger partial charge >= 0.3 is 5.97 Å². The van der Waals surface area contributed by atoms with E-state index in [2.05, 4.69) is 4.98 Å². The van der Waals surface area contributed by atoms with Crippen molar-refractivity contribution in [2.24, 2.45) is 0 Å². The van der Waals surface area contributed by atoms with E-state index in [9.17, 15) is 4.79 Å². The second-order valence-electron chi connectivity index (χ2n) is 3.97. The lowest BCUT2D eigenvalue weighted by molar-refractivity contribution is 0.0523. The number of carbonyl (C=O) groups excluding carboxylic acids is 1. The van der Waals surface area contributed by atoms with Gasteiger partial charge in [0, 0.05) is 17.7 Å². The van der Waals surface area contributed by atoms with Crippen LogP contribution in [0.15, 0.2) is 6.07 Å². The van der Waals surface area contributed by atoms with E-state index < -0.39 is 0 Å². The number of ether oxygens (including phenoxy) is 2. The highest BCUT2D eigenvalue weighted by Gasteiger charge is 2.19. The molecule has 4 nitrogen and oxygen atoms in total. The molecule has 0 radical (unpaired) electrons. The molecule has 92 valence electrons. The van der Waals surface area contributed by atoms with Crippen LogP contribution in [-0.2, 0) is 28.9 Å². The number of hydrogen-bond donors (Lipinski definition) is 0. The van der Waals surface area contributed by atoms with Gasteiger partial charge in [0.15, 0.2) is 0 Å². The molecular weight excluding hydrogens is 218 g/mol. The highest BCUT2D eigenvalue weighted by molar-refractivity contribution is 5.90. The SMILES string of the molecule is CCOC(=O)c1cc2c(nc1CC)CCOC2. The Labute approximate surface area is 101 Å². The summed E-state index contributed by atoms with van der Waals surface area (Å²) in [5.74, 6) is -0.287. The Morgan fingerprint density at radius 2 is 2.35 bits per heavy atom. The molecule has 2 rings (SSSR count). The average molecular weight is 235 g/mol. The monoisotopic (exact) mass is 235 g/mol. The minimum Gasteiger partial charge on any atom is -0.462 e. The molecule has 1 aliphatic rings. The lowest BCUT2D eigenvalue weighted by atomic mass is 10.0. The van der Waals surface area contributed by atoms with E-state index in [0.717, 1.165) is 29.8 Å². The first-order valence-electron chi connectivity index (χ1n) is 6.02. The smallest absolute Gasteiger partial charge is 0.339 e. The van der Waals surface area contributed by atoms with E-state index >= 15 is 0 Å². The van der Waals surface area contributed by atoms with Gasteiger partial charge in [-0.2, -0.15) is 0 Å². The number of aromatic nitrogens is 1. The minimum absolute atomic E-state index is 0.287. The van der Waals surface area contributed by atoms with Crippen LogP contribution in [-0.4, -0.2) is 24.2 Å². The Bertz CT molecular complexity index is 429. The van der Waals surface area contributed by atoms with Crippen molar-refractivity contribution in [1.82, 2.24) is 4.98 Å². The first-order chi connectivity index (χ1) is 8.26. The maximum Gasteiger partial charge on any atom is 0.339 e. The number of nitrogens with zero attached hydrogens (tertiary/aromatic N) is 1. The molecule has 0 unspecified atom stereocenters. The Morgan fingerprint density at radius 1 is 1.53 bits per heavy atom. The standard InChI is InChI=1S/C13H17NO3/c1-3-11-10(13(15)17-4-2)7-9-8-16-6-5-12(9)14-11/h7H,3-6,8H2,1-2H3. The molecule has 0 spiro atoms. The second-order valence-corrected chi connectivity index (χ2v) is 3.97.